The van der Waals surface area contributed by atoms with Crippen LogP contribution in [0.25, 0.3) is 5.69 Å². The van der Waals surface area contributed by atoms with E-state index >= 15 is 0 Å². The molecule has 3 heterocycles. The van der Waals surface area contributed by atoms with Crippen molar-refractivity contribution in [2.45, 2.75) is 25.1 Å². The molecule has 2 aromatic heterocycles. The number of benzene rings is 1. The van der Waals surface area contributed by atoms with Gasteiger partial charge in [-0.15, -0.1) is 0 Å². The van der Waals surface area contributed by atoms with E-state index in [1.165, 1.54) is 12.1 Å². The average molecular weight is 494 g/mol. The highest BCUT2D eigenvalue weighted by molar-refractivity contribution is 5.92. The third kappa shape index (κ3) is 6.85. The zero-order chi connectivity index (χ0) is 25.6. The first kappa shape index (κ1) is 25.8. The number of carboxylic acid groups (broad SMARTS) is 1. The zero-order valence-corrected chi connectivity index (χ0v) is 18.3. The number of hydrogen-bond acceptors (Lipinski definition) is 5. The van der Waals surface area contributed by atoms with Crippen molar-refractivity contribution < 1.29 is 37.4 Å². The number of hydrogen-bond donors (Lipinski definition) is 2. The van der Waals surface area contributed by atoms with E-state index in [0.717, 1.165) is 5.69 Å². The molecule has 1 amide bonds. The van der Waals surface area contributed by atoms with Gasteiger partial charge in [-0.2, -0.15) is 13.2 Å². The van der Waals surface area contributed by atoms with Crippen molar-refractivity contribution in [2.75, 3.05) is 13.1 Å². The molecule has 35 heavy (non-hydrogen) atoms. The largest absolute Gasteiger partial charge is 0.490 e. The van der Waals surface area contributed by atoms with E-state index in [2.05, 4.69) is 9.97 Å². The van der Waals surface area contributed by atoms with Crippen molar-refractivity contribution in [1.29, 1.82) is 0 Å². The normalized spacial score (nSPS) is 15.2. The van der Waals surface area contributed by atoms with Gasteiger partial charge >= 0.3 is 12.1 Å². The molecule has 1 atom stereocenters. The number of pyridine rings is 1. The van der Waals surface area contributed by atoms with Crippen molar-refractivity contribution in [2.24, 2.45) is 5.92 Å². The van der Waals surface area contributed by atoms with Crippen molar-refractivity contribution >= 4 is 11.9 Å². The summed E-state index contributed by atoms with van der Waals surface area (Å²) in [6.45, 7) is 1.12. The van der Waals surface area contributed by atoms with Crippen LogP contribution >= 0.6 is 0 Å². The molecule has 4 rings (SSSR count). The first-order chi connectivity index (χ1) is 16.6. The Bertz CT molecular complexity index is 1110. The fraction of sp³-hybridized carbons (Fsp3) is 0.304. The van der Waals surface area contributed by atoms with Gasteiger partial charge in [-0.1, -0.05) is 12.1 Å². The van der Waals surface area contributed by atoms with Crippen LogP contribution in [0.4, 0.5) is 17.6 Å². The maximum absolute atomic E-state index is 13.1. The number of piperidine rings is 1. The van der Waals surface area contributed by atoms with Crippen LogP contribution in [0, 0.1) is 11.7 Å². The molecule has 8 nitrogen and oxygen atoms in total. The third-order valence-corrected chi connectivity index (χ3v) is 5.50. The summed E-state index contributed by atoms with van der Waals surface area (Å²) >= 11 is 0. The summed E-state index contributed by atoms with van der Waals surface area (Å²) in [6, 6.07) is 9.50. The number of imidazole rings is 1. The van der Waals surface area contributed by atoms with Gasteiger partial charge in [-0.05, 0) is 48.6 Å². The number of likely N-dealkylation sites (tertiary alicyclic amines) is 1. The molecule has 1 unspecified atom stereocenters. The molecule has 0 spiro atoms. The summed E-state index contributed by atoms with van der Waals surface area (Å²) in [5, 5.41) is 17.7. The zero-order valence-electron chi connectivity index (χ0n) is 18.3. The van der Waals surface area contributed by atoms with Gasteiger partial charge in [-0.25, -0.2) is 19.2 Å². The number of nitrogens with zero attached hydrogens (tertiary/aromatic N) is 4. The van der Waals surface area contributed by atoms with Crippen molar-refractivity contribution in [3.63, 3.8) is 0 Å². The Morgan fingerprint density at radius 1 is 1.06 bits per heavy atom. The molecule has 1 fully saturated rings. The monoisotopic (exact) mass is 494 g/mol. The van der Waals surface area contributed by atoms with Crippen LogP contribution in [0.3, 0.4) is 0 Å². The van der Waals surface area contributed by atoms with Crippen molar-refractivity contribution in [3.8, 4) is 5.69 Å². The highest BCUT2D eigenvalue weighted by atomic mass is 19.4. The number of rotatable bonds is 4. The SMILES string of the molecule is O=C(O)C(F)(F)F.O=C(c1ccc(-n2ccnc2)cn1)N1CCC(C(O)c2ccc(F)cc2)CC1. The number of carbonyl (C=O) groups excluding carboxylic acids is 1. The summed E-state index contributed by atoms with van der Waals surface area (Å²) in [4.78, 5) is 31.7. The smallest absolute Gasteiger partial charge is 0.475 e. The predicted molar refractivity (Wildman–Crippen MR) is 115 cm³/mol. The molecule has 12 heteroatoms. The Morgan fingerprint density at radius 3 is 2.17 bits per heavy atom. The van der Waals surface area contributed by atoms with E-state index in [-0.39, 0.29) is 17.6 Å². The van der Waals surface area contributed by atoms with Gasteiger partial charge in [-0.3, -0.25) is 4.79 Å². The minimum absolute atomic E-state index is 0.0473. The van der Waals surface area contributed by atoms with Crippen LogP contribution < -0.4 is 0 Å². The minimum Gasteiger partial charge on any atom is -0.475 e. The van der Waals surface area contributed by atoms with Gasteiger partial charge in [0.25, 0.3) is 5.91 Å². The second kappa shape index (κ2) is 11.1. The molecule has 3 aromatic rings. The molecule has 186 valence electrons. The predicted octanol–water partition coefficient (Wildman–Crippen LogP) is 3.63. The highest BCUT2D eigenvalue weighted by Crippen LogP contribution is 2.31. The van der Waals surface area contributed by atoms with Gasteiger partial charge in [0, 0.05) is 25.5 Å². The van der Waals surface area contributed by atoms with Crippen molar-refractivity contribution in [1.82, 2.24) is 19.4 Å². The van der Waals surface area contributed by atoms with E-state index in [0.29, 0.717) is 37.2 Å². The maximum atomic E-state index is 13.1. The van der Waals surface area contributed by atoms with Crippen LogP contribution in [0.2, 0.25) is 0 Å². The lowest BCUT2D eigenvalue weighted by Crippen LogP contribution is -2.40. The number of amides is 1. The van der Waals surface area contributed by atoms with Gasteiger partial charge in [0.05, 0.1) is 24.3 Å². The van der Waals surface area contributed by atoms with Gasteiger partial charge < -0.3 is 19.7 Å². The first-order valence-corrected chi connectivity index (χ1v) is 10.5. The molecule has 2 N–H and O–H groups in total. The van der Waals surface area contributed by atoms with Crippen LogP contribution in [-0.4, -0.2) is 60.8 Å². The molecule has 0 radical (unpaired) electrons. The summed E-state index contributed by atoms with van der Waals surface area (Å²) < 4.78 is 46.6. The van der Waals surface area contributed by atoms with Gasteiger partial charge in [0.1, 0.15) is 11.5 Å². The Hall–Kier alpha value is -3.80. The number of alkyl halides is 3. The van der Waals surface area contributed by atoms with Crippen LogP contribution in [0.5, 0.6) is 0 Å². The maximum Gasteiger partial charge on any atom is 0.490 e. The van der Waals surface area contributed by atoms with E-state index in [1.54, 1.807) is 41.8 Å². The van der Waals surface area contributed by atoms with E-state index in [9.17, 15) is 27.5 Å². The average Bonchev–Trinajstić information content (AvgIpc) is 3.39. The molecule has 0 saturated carbocycles. The Kier molecular flexibility index (Phi) is 8.18. The Balaban J connectivity index is 0.000000429. The van der Waals surface area contributed by atoms with E-state index in [1.807, 2.05) is 16.8 Å². The Labute approximate surface area is 197 Å². The van der Waals surface area contributed by atoms with Crippen LogP contribution in [0.1, 0.15) is 35.0 Å². The Morgan fingerprint density at radius 2 is 1.69 bits per heavy atom. The molecule has 1 saturated heterocycles. The number of carboxylic acids is 1. The molecular weight excluding hydrogens is 472 g/mol. The molecule has 1 aliphatic rings. The minimum atomic E-state index is -5.08. The fourth-order valence-electron chi connectivity index (χ4n) is 3.59. The highest BCUT2D eigenvalue weighted by Gasteiger charge is 2.38. The number of aromatic nitrogens is 3. The fourth-order valence-corrected chi connectivity index (χ4v) is 3.59. The lowest BCUT2D eigenvalue weighted by molar-refractivity contribution is -0.192. The molecule has 0 bridgehead atoms. The lowest BCUT2D eigenvalue weighted by Gasteiger charge is -2.34. The molecular formula is C23H22F4N4O4. The number of aliphatic hydroxyl groups excluding tert-OH is 1. The number of halogens is 4. The van der Waals surface area contributed by atoms with Crippen LogP contribution in [0.15, 0.2) is 61.3 Å². The molecule has 1 aromatic carbocycles. The van der Waals surface area contributed by atoms with E-state index in [4.69, 9.17) is 9.90 Å². The summed E-state index contributed by atoms with van der Waals surface area (Å²) in [5.74, 6) is -3.13. The summed E-state index contributed by atoms with van der Waals surface area (Å²) in [6.07, 6.45) is 2.48. The quantitative estimate of drug-likeness (QED) is 0.537. The van der Waals surface area contributed by atoms with E-state index < -0.39 is 18.2 Å². The first-order valence-electron chi connectivity index (χ1n) is 10.5. The van der Waals surface area contributed by atoms with Gasteiger partial charge in [0.2, 0.25) is 0 Å². The summed E-state index contributed by atoms with van der Waals surface area (Å²) in [7, 11) is 0. The molecule has 1 aliphatic heterocycles. The standard InChI is InChI=1S/C21H21FN4O2.C2HF3O2/c22-17-3-1-15(2-4-17)20(27)16-7-10-25(11-8-16)21(28)19-6-5-18(13-24-19)26-12-9-23-14-26;3-2(4,5)1(6)7/h1-6,9,12-14,16,20,27H,7-8,10-11H2;(H,6,7). The second-order valence-corrected chi connectivity index (χ2v) is 7.80. The number of aliphatic carboxylic acids is 1. The third-order valence-electron chi connectivity index (χ3n) is 5.50. The number of carbonyl (C=O) groups is 2. The number of aliphatic hydroxyl groups is 1. The second-order valence-electron chi connectivity index (χ2n) is 7.80. The summed E-state index contributed by atoms with van der Waals surface area (Å²) in [5.41, 5.74) is 1.96. The van der Waals surface area contributed by atoms with Gasteiger partial charge in [0.15, 0.2) is 0 Å². The van der Waals surface area contributed by atoms with Crippen molar-refractivity contribution in [3.05, 3.63) is 78.4 Å². The molecule has 0 aliphatic carbocycles. The lowest BCUT2D eigenvalue weighted by atomic mass is 9.87. The topological polar surface area (TPSA) is 109 Å². The van der Waals surface area contributed by atoms with Crippen LogP contribution in [-0.2, 0) is 4.79 Å².